The molecule has 4 heteroatoms. The van der Waals surface area contributed by atoms with Crippen LogP contribution < -0.4 is 0 Å². The van der Waals surface area contributed by atoms with Crippen molar-refractivity contribution >= 4 is 21.7 Å². The van der Waals surface area contributed by atoms with Gasteiger partial charge in [-0.3, -0.25) is 0 Å². The lowest BCUT2D eigenvalue weighted by atomic mass is 9.95. The van der Waals surface area contributed by atoms with E-state index in [2.05, 4.69) is 4.98 Å². The molecule has 4 aromatic rings. The number of halogens is 3. The van der Waals surface area contributed by atoms with Crippen LogP contribution in [0.4, 0.5) is 13.2 Å². The third-order valence-corrected chi connectivity index (χ3v) is 4.45. The monoisotopic (exact) mass is 337 g/mol. The Morgan fingerprint density at radius 2 is 1.44 bits per heavy atom. The SMILES string of the molecule is Cc1c(-c2ccccc2)nc2c(ccc3ccccc32)c1C(F)(F)F. The van der Waals surface area contributed by atoms with E-state index in [4.69, 9.17) is 0 Å². The molecule has 0 saturated heterocycles. The molecule has 0 saturated carbocycles. The van der Waals surface area contributed by atoms with Crippen molar-refractivity contribution in [2.75, 3.05) is 0 Å². The van der Waals surface area contributed by atoms with Gasteiger partial charge < -0.3 is 0 Å². The highest BCUT2D eigenvalue weighted by atomic mass is 19.4. The van der Waals surface area contributed by atoms with Gasteiger partial charge in [0.25, 0.3) is 0 Å². The maximum absolute atomic E-state index is 13.8. The van der Waals surface area contributed by atoms with E-state index in [0.717, 1.165) is 10.8 Å². The second-order valence-electron chi connectivity index (χ2n) is 6.01. The molecule has 0 aliphatic rings. The predicted octanol–water partition coefficient (Wildman–Crippen LogP) is 6.38. The van der Waals surface area contributed by atoms with Crippen molar-refractivity contribution in [1.29, 1.82) is 0 Å². The number of alkyl halides is 3. The first-order valence-corrected chi connectivity index (χ1v) is 7.91. The summed E-state index contributed by atoms with van der Waals surface area (Å²) < 4.78 is 41.5. The summed E-state index contributed by atoms with van der Waals surface area (Å²) >= 11 is 0. The molecule has 0 bridgehead atoms. The molecular formula is C21H14F3N. The Kier molecular flexibility index (Phi) is 3.49. The minimum atomic E-state index is -4.45. The number of pyridine rings is 1. The molecule has 0 aliphatic carbocycles. The Labute approximate surface area is 142 Å². The molecule has 0 atom stereocenters. The zero-order chi connectivity index (χ0) is 17.6. The number of rotatable bonds is 1. The summed E-state index contributed by atoms with van der Waals surface area (Å²) in [6.07, 6.45) is -4.45. The van der Waals surface area contributed by atoms with Crippen molar-refractivity contribution in [3.8, 4) is 11.3 Å². The molecule has 0 fully saturated rings. The molecule has 3 aromatic carbocycles. The summed E-state index contributed by atoms with van der Waals surface area (Å²) in [5.41, 5.74) is 0.982. The van der Waals surface area contributed by atoms with Gasteiger partial charge in [-0.1, -0.05) is 66.7 Å². The number of benzene rings is 3. The molecule has 1 nitrogen and oxygen atoms in total. The van der Waals surface area contributed by atoms with Gasteiger partial charge in [0.15, 0.2) is 0 Å². The highest BCUT2D eigenvalue weighted by molar-refractivity contribution is 6.07. The van der Waals surface area contributed by atoms with Gasteiger partial charge in [-0.25, -0.2) is 4.98 Å². The quantitative estimate of drug-likeness (QED) is 0.367. The molecule has 0 aliphatic heterocycles. The lowest BCUT2D eigenvalue weighted by Gasteiger charge is -2.18. The van der Waals surface area contributed by atoms with Gasteiger partial charge in [0.1, 0.15) is 0 Å². The third-order valence-electron chi connectivity index (χ3n) is 4.45. The number of hydrogen-bond acceptors (Lipinski definition) is 1. The van der Waals surface area contributed by atoms with E-state index < -0.39 is 11.7 Å². The maximum atomic E-state index is 13.8. The summed E-state index contributed by atoms with van der Waals surface area (Å²) in [6, 6.07) is 19.6. The van der Waals surface area contributed by atoms with E-state index in [1.165, 1.54) is 13.0 Å². The fourth-order valence-electron chi connectivity index (χ4n) is 3.34. The molecule has 4 rings (SSSR count). The van der Waals surface area contributed by atoms with E-state index in [-0.39, 0.29) is 10.9 Å². The van der Waals surface area contributed by atoms with Crippen LogP contribution >= 0.6 is 0 Å². The van der Waals surface area contributed by atoms with Crippen LogP contribution in [-0.2, 0) is 6.18 Å². The Morgan fingerprint density at radius 1 is 0.760 bits per heavy atom. The number of fused-ring (bicyclic) bond motifs is 3. The van der Waals surface area contributed by atoms with Crippen LogP contribution in [0.25, 0.3) is 32.9 Å². The fourth-order valence-corrected chi connectivity index (χ4v) is 3.34. The third kappa shape index (κ3) is 2.54. The van der Waals surface area contributed by atoms with E-state index >= 15 is 0 Å². The fraction of sp³-hybridized carbons (Fsp3) is 0.0952. The molecule has 0 spiro atoms. The van der Waals surface area contributed by atoms with Gasteiger partial charge in [0.2, 0.25) is 0 Å². The Morgan fingerprint density at radius 3 is 2.16 bits per heavy atom. The Bertz CT molecular complexity index is 1080. The van der Waals surface area contributed by atoms with Crippen LogP contribution in [0.3, 0.4) is 0 Å². The van der Waals surface area contributed by atoms with Crippen LogP contribution in [0.15, 0.2) is 66.7 Å². The molecule has 0 N–H and O–H groups in total. The highest BCUT2D eigenvalue weighted by Crippen LogP contribution is 2.41. The summed E-state index contributed by atoms with van der Waals surface area (Å²) in [7, 11) is 0. The first kappa shape index (κ1) is 15.6. The summed E-state index contributed by atoms with van der Waals surface area (Å²) in [5, 5.41) is 1.74. The van der Waals surface area contributed by atoms with E-state index in [1.54, 1.807) is 30.3 Å². The molecule has 0 unspecified atom stereocenters. The largest absolute Gasteiger partial charge is 0.417 e. The van der Waals surface area contributed by atoms with E-state index in [9.17, 15) is 13.2 Å². The van der Waals surface area contributed by atoms with Crippen LogP contribution in [0.1, 0.15) is 11.1 Å². The van der Waals surface area contributed by atoms with Crippen molar-refractivity contribution in [3.05, 3.63) is 77.9 Å². The first-order valence-electron chi connectivity index (χ1n) is 7.91. The average Bonchev–Trinajstić information content (AvgIpc) is 2.60. The van der Waals surface area contributed by atoms with Gasteiger partial charge in [-0.15, -0.1) is 0 Å². The highest BCUT2D eigenvalue weighted by Gasteiger charge is 2.36. The molecule has 0 amide bonds. The van der Waals surface area contributed by atoms with Crippen molar-refractivity contribution in [1.82, 2.24) is 4.98 Å². The van der Waals surface area contributed by atoms with Crippen molar-refractivity contribution in [2.45, 2.75) is 13.1 Å². The molecule has 0 radical (unpaired) electrons. The van der Waals surface area contributed by atoms with Crippen molar-refractivity contribution in [2.24, 2.45) is 0 Å². The number of hydrogen-bond donors (Lipinski definition) is 0. The second kappa shape index (κ2) is 5.59. The number of aromatic nitrogens is 1. The minimum Gasteiger partial charge on any atom is -0.247 e. The van der Waals surface area contributed by atoms with E-state index in [0.29, 0.717) is 16.8 Å². The van der Waals surface area contributed by atoms with Gasteiger partial charge in [-0.05, 0) is 17.9 Å². The van der Waals surface area contributed by atoms with Crippen molar-refractivity contribution in [3.63, 3.8) is 0 Å². The Balaban J connectivity index is 2.21. The number of nitrogens with zero attached hydrogens (tertiary/aromatic N) is 1. The van der Waals surface area contributed by atoms with Gasteiger partial charge in [0.05, 0.1) is 16.8 Å². The first-order chi connectivity index (χ1) is 12.0. The summed E-state index contributed by atoms with van der Waals surface area (Å²) in [4.78, 5) is 4.65. The summed E-state index contributed by atoms with van der Waals surface area (Å²) in [5.74, 6) is 0. The van der Waals surface area contributed by atoms with Gasteiger partial charge in [0, 0.05) is 16.3 Å². The smallest absolute Gasteiger partial charge is 0.247 e. The summed E-state index contributed by atoms with van der Waals surface area (Å²) in [6.45, 7) is 1.49. The lowest BCUT2D eigenvalue weighted by Crippen LogP contribution is -2.11. The average molecular weight is 337 g/mol. The lowest BCUT2D eigenvalue weighted by molar-refractivity contribution is -0.136. The Hall–Kier alpha value is -2.88. The molecular weight excluding hydrogens is 323 g/mol. The van der Waals surface area contributed by atoms with Crippen LogP contribution in [-0.4, -0.2) is 4.98 Å². The maximum Gasteiger partial charge on any atom is 0.417 e. The van der Waals surface area contributed by atoms with Crippen LogP contribution in [0.5, 0.6) is 0 Å². The minimum absolute atomic E-state index is 0.142. The standard InChI is InChI=1S/C21H14F3N/c1-13-18(21(22,23)24)17-12-11-14-7-5-6-10-16(14)20(17)25-19(13)15-8-3-2-4-9-15/h2-12H,1H3. The van der Waals surface area contributed by atoms with Crippen LogP contribution in [0, 0.1) is 6.92 Å². The predicted molar refractivity (Wildman–Crippen MR) is 94.4 cm³/mol. The molecule has 124 valence electrons. The molecule has 1 heterocycles. The topological polar surface area (TPSA) is 12.9 Å². The van der Waals surface area contributed by atoms with Crippen LogP contribution in [0.2, 0.25) is 0 Å². The van der Waals surface area contributed by atoms with Crippen molar-refractivity contribution < 1.29 is 13.2 Å². The second-order valence-corrected chi connectivity index (χ2v) is 6.01. The zero-order valence-electron chi connectivity index (χ0n) is 13.4. The van der Waals surface area contributed by atoms with Gasteiger partial charge >= 0.3 is 6.18 Å². The van der Waals surface area contributed by atoms with Gasteiger partial charge in [-0.2, -0.15) is 13.2 Å². The van der Waals surface area contributed by atoms with E-state index in [1.807, 2.05) is 30.3 Å². The zero-order valence-corrected chi connectivity index (χ0v) is 13.4. The molecule has 25 heavy (non-hydrogen) atoms. The normalized spacial score (nSPS) is 12.0. The molecule has 1 aromatic heterocycles.